The molecule has 0 spiro atoms. The Labute approximate surface area is 128 Å². The van der Waals surface area contributed by atoms with Crippen LogP contribution in [0.2, 0.25) is 0 Å². The van der Waals surface area contributed by atoms with E-state index in [9.17, 15) is 0 Å². The summed E-state index contributed by atoms with van der Waals surface area (Å²) in [6, 6.07) is 24.2. The van der Waals surface area contributed by atoms with Crippen LogP contribution in [0.15, 0.2) is 82.6 Å². The van der Waals surface area contributed by atoms with Gasteiger partial charge in [-0.3, -0.25) is 0 Å². The normalized spacial score (nSPS) is 10.5. The maximum absolute atomic E-state index is 6.11. The fourth-order valence-corrected chi connectivity index (χ4v) is 3.01. The third-order valence-corrected chi connectivity index (χ3v) is 4.22. The number of benzene rings is 3. The Bertz CT molecular complexity index is 737. The topological polar surface area (TPSA) is 52.0 Å². The highest BCUT2D eigenvalue weighted by Crippen LogP contribution is 2.34. The molecule has 0 bridgehead atoms. The molecule has 21 heavy (non-hydrogen) atoms. The summed E-state index contributed by atoms with van der Waals surface area (Å²) in [5, 5.41) is 0. The Morgan fingerprint density at radius 2 is 1.38 bits per heavy atom. The zero-order valence-electron chi connectivity index (χ0n) is 11.5. The first-order valence-electron chi connectivity index (χ1n) is 6.71. The van der Waals surface area contributed by atoms with Crippen molar-refractivity contribution in [2.45, 2.75) is 9.79 Å². The molecule has 4 N–H and O–H groups in total. The Morgan fingerprint density at radius 3 is 2.10 bits per heavy atom. The fraction of sp³-hybridized carbons (Fsp3) is 0. The van der Waals surface area contributed by atoms with Gasteiger partial charge in [-0.05, 0) is 48.0 Å². The maximum Gasteiger partial charge on any atom is 0.0394 e. The van der Waals surface area contributed by atoms with Crippen molar-refractivity contribution in [1.29, 1.82) is 0 Å². The molecule has 0 radical (unpaired) electrons. The third kappa shape index (κ3) is 3.20. The van der Waals surface area contributed by atoms with Gasteiger partial charge in [-0.2, -0.15) is 0 Å². The van der Waals surface area contributed by atoms with Gasteiger partial charge in [0, 0.05) is 26.7 Å². The van der Waals surface area contributed by atoms with Crippen LogP contribution in [0.4, 0.5) is 11.4 Å². The fourth-order valence-electron chi connectivity index (χ4n) is 2.14. The summed E-state index contributed by atoms with van der Waals surface area (Å²) in [4.78, 5) is 2.38. The summed E-state index contributed by atoms with van der Waals surface area (Å²) >= 11 is 1.73. The number of anilines is 2. The van der Waals surface area contributed by atoms with Gasteiger partial charge in [0.25, 0.3) is 0 Å². The second-order valence-corrected chi connectivity index (χ2v) is 5.93. The molecular weight excluding hydrogens is 276 g/mol. The van der Waals surface area contributed by atoms with E-state index in [4.69, 9.17) is 11.5 Å². The third-order valence-electron chi connectivity index (χ3n) is 3.23. The van der Waals surface area contributed by atoms with Gasteiger partial charge in [-0.15, -0.1) is 0 Å². The number of nitrogen functional groups attached to an aromatic ring is 2. The molecule has 0 atom stereocenters. The molecule has 0 aromatic heterocycles. The first-order valence-corrected chi connectivity index (χ1v) is 7.52. The average molecular weight is 292 g/mol. The zero-order chi connectivity index (χ0) is 14.7. The molecule has 0 aliphatic carbocycles. The van der Waals surface area contributed by atoms with Crippen molar-refractivity contribution in [3.8, 4) is 11.1 Å². The largest absolute Gasteiger partial charge is 0.399 e. The van der Waals surface area contributed by atoms with Crippen molar-refractivity contribution in [3.05, 3.63) is 72.8 Å². The van der Waals surface area contributed by atoms with E-state index in [-0.39, 0.29) is 0 Å². The second-order valence-electron chi connectivity index (χ2n) is 4.79. The SMILES string of the molecule is Nc1ccc(-c2cc(Sc3ccccc3)ccc2N)cc1. The van der Waals surface area contributed by atoms with Gasteiger partial charge in [0.1, 0.15) is 0 Å². The molecule has 104 valence electrons. The van der Waals surface area contributed by atoms with Crippen molar-refractivity contribution in [2.24, 2.45) is 0 Å². The van der Waals surface area contributed by atoms with Crippen molar-refractivity contribution < 1.29 is 0 Å². The van der Waals surface area contributed by atoms with Crippen LogP contribution in [-0.4, -0.2) is 0 Å². The molecule has 0 aliphatic heterocycles. The van der Waals surface area contributed by atoms with Crippen LogP contribution in [0.5, 0.6) is 0 Å². The minimum Gasteiger partial charge on any atom is -0.399 e. The van der Waals surface area contributed by atoms with E-state index >= 15 is 0 Å². The number of nitrogens with two attached hydrogens (primary N) is 2. The Kier molecular flexibility index (Phi) is 3.84. The minimum atomic E-state index is 0.757. The lowest BCUT2D eigenvalue weighted by Gasteiger charge is -2.09. The van der Waals surface area contributed by atoms with Gasteiger partial charge in [0.2, 0.25) is 0 Å². The number of rotatable bonds is 3. The van der Waals surface area contributed by atoms with Gasteiger partial charge in [-0.25, -0.2) is 0 Å². The van der Waals surface area contributed by atoms with Crippen LogP contribution in [0.25, 0.3) is 11.1 Å². The first-order chi connectivity index (χ1) is 10.2. The van der Waals surface area contributed by atoms with Gasteiger partial charge >= 0.3 is 0 Å². The van der Waals surface area contributed by atoms with E-state index in [2.05, 4.69) is 18.2 Å². The van der Waals surface area contributed by atoms with Gasteiger partial charge in [0.15, 0.2) is 0 Å². The Hall–Kier alpha value is -2.39. The summed E-state index contributed by atoms with van der Waals surface area (Å²) in [5.74, 6) is 0. The molecule has 0 fully saturated rings. The summed E-state index contributed by atoms with van der Waals surface area (Å²) in [7, 11) is 0. The minimum absolute atomic E-state index is 0.757. The summed E-state index contributed by atoms with van der Waals surface area (Å²) in [5.41, 5.74) is 15.5. The van der Waals surface area contributed by atoms with E-state index in [0.717, 1.165) is 22.5 Å². The summed E-state index contributed by atoms with van der Waals surface area (Å²) in [6.45, 7) is 0. The molecule has 3 aromatic rings. The molecule has 0 amide bonds. The van der Waals surface area contributed by atoms with Gasteiger partial charge in [0.05, 0.1) is 0 Å². The quantitative estimate of drug-likeness (QED) is 0.690. The van der Waals surface area contributed by atoms with Crippen LogP contribution in [0, 0.1) is 0 Å². The maximum atomic E-state index is 6.11. The first kappa shape index (κ1) is 13.6. The predicted octanol–water partition coefficient (Wildman–Crippen LogP) is 4.67. The molecule has 0 saturated carbocycles. The van der Waals surface area contributed by atoms with Crippen molar-refractivity contribution >= 4 is 23.1 Å². The molecule has 0 saturated heterocycles. The monoisotopic (exact) mass is 292 g/mol. The van der Waals surface area contributed by atoms with Crippen LogP contribution in [-0.2, 0) is 0 Å². The molecule has 3 rings (SSSR count). The zero-order valence-corrected chi connectivity index (χ0v) is 12.3. The van der Waals surface area contributed by atoms with Crippen LogP contribution in [0.3, 0.4) is 0 Å². The molecule has 0 unspecified atom stereocenters. The Morgan fingerprint density at radius 1 is 0.667 bits per heavy atom. The lowest BCUT2D eigenvalue weighted by Crippen LogP contribution is -1.91. The van der Waals surface area contributed by atoms with Gasteiger partial charge in [-0.1, -0.05) is 42.1 Å². The highest BCUT2D eigenvalue weighted by atomic mass is 32.2. The van der Waals surface area contributed by atoms with E-state index in [1.807, 2.05) is 54.6 Å². The molecule has 0 heterocycles. The van der Waals surface area contributed by atoms with Crippen molar-refractivity contribution in [2.75, 3.05) is 11.5 Å². The van der Waals surface area contributed by atoms with Crippen molar-refractivity contribution in [1.82, 2.24) is 0 Å². The van der Waals surface area contributed by atoms with E-state index in [0.29, 0.717) is 0 Å². The van der Waals surface area contributed by atoms with E-state index < -0.39 is 0 Å². The predicted molar refractivity (Wildman–Crippen MR) is 91.3 cm³/mol. The van der Waals surface area contributed by atoms with E-state index in [1.54, 1.807) is 11.8 Å². The van der Waals surface area contributed by atoms with Crippen LogP contribution < -0.4 is 11.5 Å². The smallest absolute Gasteiger partial charge is 0.0394 e. The Balaban J connectivity index is 1.94. The van der Waals surface area contributed by atoms with Crippen LogP contribution >= 0.6 is 11.8 Å². The lowest BCUT2D eigenvalue weighted by molar-refractivity contribution is 1.40. The van der Waals surface area contributed by atoms with Gasteiger partial charge < -0.3 is 11.5 Å². The molecule has 0 aliphatic rings. The molecular formula is C18H16N2S. The summed E-state index contributed by atoms with van der Waals surface area (Å²) < 4.78 is 0. The lowest BCUT2D eigenvalue weighted by atomic mass is 10.0. The standard InChI is InChI=1S/C18H16N2S/c19-14-8-6-13(7-9-14)17-12-16(10-11-18(17)20)21-15-4-2-1-3-5-15/h1-12H,19-20H2. The molecule has 3 aromatic carbocycles. The highest BCUT2D eigenvalue weighted by Gasteiger charge is 2.05. The van der Waals surface area contributed by atoms with Crippen LogP contribution in [0.1, 0.15) is 0 Å². The molecule has 2 nitrogen and oxygen atoms in total. The second kappa shape index (κ2) is 5.94. The van der Waals surface area contributed by atoms with E-state index in [1.165, 1.54) is 9.79 Å². The summed E-state index contributed by atoms with van der Waals surface area (Å²) in [6.07, 6.45) is 0. The molecule has 3 heteroatoms. The average Bonchev–Trinajstić information content (AvgIpc) is 2.51. The highest BCUT2D eigenvalue weighted by molar-refractivity contribution is 7.99. The van der Waals surface area contributed by atoms with Crippen molar-refractivity contribution in [3.63, 3.8) is 0 Å². The number of hydrogen-bond acceptors (Lipinski definition) is 3. The number of hydrogen-bond donors (Lipinski definition) is 2.